The first-order valence-corrected chi connectivity index (χ1v) is 4.85. The number of anilines is 2. The summed E-state index contributed by atoms with van der Waals surface area (Å²) in [5, 5.41) is 6.80. The van der Waals surface area contributed by atoms with Gasteiger partial charge in [0.25, 0.3) is 0 Å². The average molecular weight is 177 g/mol. The molecule has 0 amide bonds. The third-order valence-corrected chi connectivity index (χ3v) is 2.32. The van der Waals surface area contributed by atoms with Crippen molar-refractivity contribution in [3.8, 4) is 0 Å². The van der Waals surface area contributed by atoms with Crippen LogP contribution in [0.2, 0.25) is 0 Å². The van der Waals surface area contributed by atoms with Gasteiger partial charge in [0, 0.05) is 18.8 Å². The molecule has 0 saturated heterocycles. The van der Waals surface area contributed by atoms with E-state index in [1.54, 1.807) is 0 Å². The van der Waals surface area contributed by atoms with Crippen LogP contribution in [0.5, 0.6) is 0 Å². The van der Waals surface area contributed by atoms with Gasteiger partial charge in [-0.3, -0.25) is 0 Å². The van der Waals surface area contributed by atoms with Crippen LogP contribution in [0, 0.1) is 0 Å². The summed E-state index contributed by atoms with van der Waals surface area (Å²) in [5.41, 5.74) is 1.12. The molecule has 2 heterocycles. The molecule has 13 heavy (non-hydrogen) atoms. The van der Waals surface area contributed by atoms with Crippen LogP contribution in [0.25, 0.3) is 0 Å². The Labute approximate surface area is 78.6 Å². The van der Waals surface area contributed by atoms with E-state index in [0.29, 0.717) is 6.04 Å². The molecule has 0 fully saturated rings. The highest BCUT2D eigenvalue weighted by molar-refractivity contribution is 5.66. The molecular formula is C10H15N3. The summed E-state index contributed by atoms with van der Waals surface area (Å²) < 4.78 is 0. The summed E-state index contributed by atoms with van der Waals surface area (Å²) in [6, 6.07) is 4.54. The molecule has 3 nitrogen and oxygen atoms in total. The molecule has 1 unspecified atom stereocenters. The van der Waals surface area contributed by atoms with Gasteiger partial charge in [0.15, 0.2) is 0 Å². The van der Waals surface area contributed by atoms with E-state index in [1.807, 2.05) is 12.3 Å². The summed E-state index contributed by atoms with van der Waals surface area (Å²) in [7, 11) is 0. The summed E-state index contributed by atoms with van der Waals surface area (Å²) in [4.78, 5) is 4.28. The maximum atomic E-state index is 4.28. The summed E-state index contributed by atoms with van der Waals surface area (Å²) in [5.74, 6) is 0.993. The van der Waals surface area contributed by atoms with E-state index in [2.05, 4.69) is 28.6 Å². The molecule has 3 heteroatoms. The Balaban J connectivity index is 2.11. The Morgan fingerprint density at radius 1 is 1.62 bits per heavy atom. The normalized spacial score (nSPS) is 19.9. The zero-order valence-electron chi connectivity index (χ0n) is 7.88. The molecule has 0 spiro atoms. The van der Waals surface area contributed by atoms with Crippen LogP contribution < -0.4 is 10.6 Å². The van der Waals surface area contributed by atoms with Gasteiger partial charge in [-0.2, -0.15) is 0 Å². The number of nitrogens with zero attached hydrogens (tertiary/aromatic N) is 1. The van der Waals surface area contributed by atoms with Gasteiger partial charge in [0.1, 0.15) is 5.82 Å². The minimum atomic E-state index is 0.535. The van der Waals surface area contributed by atoms with Gasteiger partial charge in [0.2, 0.25) is 0 Å². The number of pyridine rings is 1. The van der Waals surface area contributed by atoms with Crippen molar-refractivity contribution in [1.82, 2.24) is 4.98 Å². The van der Waals surface area contributed by atoms with Crippen LogP contribution in [0.4, 0.5) is 11.5 Å². The lowest BCUT2D eigenvalue weighted by atomic mass is 10.1. The standard InChI is InChI=1S/C10H15N3/c1-2-4-8-7-12-9-5-3-6-11-10(9)13-8/h3,5-6,8,12H,2,4,7H2,1H3,(H,11,13). The van der Waals surface area contributed by atoms with Crippen LogP contribution in [0.15, 0.2) is 18.3 Å². The fraction of sp³-hybridized carbons (Fsp3) is 0.500. The fourth-order valence-corrected chi connectivity index (χ4v) is 1.66. The van der Waals surface area contributed by atoms with Gasteiger partial charge in [-0.15, -0.1) is 0 Å². The maximum absolute atomic E-state index is 4.28. The Kier molecular flexibility index (Phi) is 2.34. The molecule has 0 saturated carbocycles. The third-order valence-electron chi connectivity index (χ3n) is 2.32. The molecule has 1 aliphatic heterocycles. The zero-order chi connectivity index (χ0) is 9.10. The fourth-order valence-electron chi connectivity index (χ4n) is 1.66. The Morgan fingerprint density at radius 3 is 3.38 bits per heavy atom. The van der Waals surface area contributed by atoms with Crippen molar-refractivity contribution in [3.05, 3.63) is 18.3 Å². The number of hydrogen-bond donors (Lipinski definition) is 2. The van der Waals surface area contributed by atoms with Crippen LogP contribution in [-0.4, -0.2) is 17.6 Å². The molecular weight excluding hydrogens is 162 g/mol. The molecule has 1 atom stereocenters. The lowest BCUT2D eigenvalue weighted by Gasteiger charge is -2.26. The molecule has 2 N–H and O–H groups in total. The van der Waals surface area contributed by atoms with Crippen molar-refractivity contribution >= 4 is 11.5 Å². The van der Waals surface area contributed by atoms with Gasteiger partial charge in [-0.1, -0.05) is 13.3 Å². The van der Waals surface area contributed by atoms with E-state index in [0.717, 1.165) is 18.1 Å². The minimum Gasteiger partial charge on any atom is -0.380 e. The topological polar surface area (TPSA) is 37.0 Å². The summed E-state index contributed by atoms with van der Waals surface area (Å²) in [6.07, 6.45) is 4.23. The smallest absolute Gasteiger partial charge is 0.149 e. The van der Waals surface area contributed by atoms with Crippen LogP contribution in [0.3, 0.4) is 0 Å². The largest absolute Gasteiger partial charge is 0.380 e. The van der Waals surface area contributed by atoms with E-state index < -0.39 is 0 Å². The molecule has 2 rings (SSSR count). The van der Waals surface area contributed by atoms with E-state index >= 15 is 0 Å². The van der Waals surface area contributed by atoms with Crippen molar-refractivity contribution < 1.29 is 0 Å². The highest BCUT2D eigenvalue weighted by Gasteiger charge is 2.15. The average Bonchev–Trinajstić information content (AvgIpc) is 2.18. The van der Waals surface area contributed by atoms with Gasteiger partial charge in [0.05, 0.1) is 5.69 Å². The van der Waals surface area contributed by atoms with Crippen molar-refractivity contribution in [2.75, 3.05) is 17.2 Å². The molecule has 0 aliphatic carbocycles. The lowest BCUT2D eigenvalue weighted by molar-refractivity contribution is 0.652. The first kappa shape index (κ1) is 8.35. The lowest BCUT2D eigenvalue weighted by Crippen LogP contribution is -2.33. The second-order valence-corrected chi connectivity index (χ2v) is 3.41. The Hall–Kier alpha value is -1.25. The quantitative estimate of drug-likeness (QED) is 0.726. The van der Waals surface area contributed by atoms with Gasteiger partial charge in [-0.05, 0) is 18.6 Å². The monoisotopic (exact) mass is 177 g/mol. The zero-order valence-corrected chi connectivity index (χ0v) is 7.88. The van der Waals surface area contributed by atoms with Crippen molar-refractivity contribution in [3.63, 3.8) is 0 Å². The van der Waals surface area contributed by atoms with Crippen LogP contribution in [-0.2, 0) is 0 Å². The maximum Gasteiger partial charge on any atom is 0.149 e. The molecule has 0 aromatic carbocycles. The number of fused-ring (bicyclic) bond motifs is 1. The second kappa shape index (κ2) is 3.64. The van der Waals surface area contributed by atoms with Crippen molar-refractivity contribution in [1.29, 1.82) is 0 Å². The summed E-state index contributed by atoms with van der Waals surface area (Å²) in [6.45, 7) is 3.21. The Morgan fingerprint density at radius 2 is 2.54 bits per heavy atom. The number of rotatable bonds is 2. The van der Waals surface area contributed by atoms with Gasteiger partial charge in [-0.25, -0.2) is 4.98 Å². The first-order valence-electron chi connectivity index (χ1n) is 4.85. The highest BCUT2D eigenvalue weighted by Crippen LogP contribution is 2.23. The number of hydrogen-bond acceptors (Lipinski definition) is 3. The molecule has 1 aromatic rings. The van der Waals surface area contributed by atoms with E-state index in [1.165, 1.54) is 12.8 Å². The van der Waals surface area contributed by atoms with Gasteiger partial charge < -0.3 is 10.6 Å². The molecule has 0 bridgehead atoms. The number of aromatic nitrogens is 1. The Bertz CT molecular complexity index is 285. The third kappa shape index (κ3) is 1.74. The molecule has 1 aliphatic rings. The number of nitrogens with one attached hydrogen (secondary N) is 2. The van der Waals surface area contributed by atoms with Crippen molar-refractivity contribution in [2.45, 2.75) is 25.8 Å². The molecule has 0 radical (unpaired) electrons. The minimum absolute atomic E-state index is 0.535. The molecule has 70 valence electrons. The predicted octanol–water partition coefficient (Wildman–Crippen LogP) is 2.09. The predicted molar refractivity (Wildman–Crippen MR) is 55.0 cm³/mol. The van der Waals surface area contributed by atoms with Crippen molar-refractivity contribution in [2.24, 2.45) is 0 Å². The summed E-state index contributed by atoms with van der Waals surface area (Å²) >= 11 is 0. The molecule has 1 aromatic heterocycles. The first-order chi connectivity index (χ1) is 6.40. The van der Waals surface area contributed by atoms with E-state index in [4.69, 9.17) is 0 Å². The van der Waals surface area contributed by atoms with Crippen LogP contribution >= 0.6 is 0 Å². The second-order valence-electron chi connectivity index (χ2n) is 3.41. The van der Waals surface area contributed by atoms with E-state index in [-0.39, 0.29) is 0 Å². The van der Waals surface area contributed by atoms with E-state index in [9.17, 15) is 0 Å². The van der Waals surface area contributed by atoms with Gasteiger partial charge >= 0.3 is 0 Å². The highest BCUT2D eigenvalue weighted by atomic mass is 15.1. The van der Waals surface area contributed by atoms with Crippen LogP contribution in [0.1, 0.15) is 19.8 Å². The SMILES string of the molecule is CCCC1CNc2cccnc2N1.